The molecule has 2 aromatic rings. The molecule has 0 amide bonds. The highest BCUT2D eigenvalue weighted by molar-refractivity contribution is 6.01. The maximum absolute atomic E-state index is 14.0. The summed E-state index contributed by atoms with van der Waals surface area (Å²) in [6.07, 6.45) is 1.58. The van der Waals surface area contributed by atoms with E-state index in [0.717, 1.165) is 0 Å². The minimum atomic E-state index is -0.973. The van der Waals surface area contributed by atoms with Crippen LogP contribution in [0.15, 0.2) is 54.1 Å². The Morgan fingerprint density at radius 3 is 2.42 bits per heavy atom. The molecule has 0 fully saturated rings. The molecule has 0 bridgehead atoms. The van der Waals surface area contributed by atoms with Crippen molar-refractivity contribution in [2.45, 2.75) is 26.7 Å². The van der Waals surface area contributed by atoms with E-state index in [1.54, 1.807) is 44.2 Å². The topological polar surface area (TPSA) is 63.6 Å². The number of carbonyl (C=O) groups excluding carboxylic acids is 1. The second kappa shape index (κ2) is 8.94. The van der Waals surface area contributed by atoms with Crippen molar-refractivity contribution in [2.75, 3.05) is 0 Å². The Morgan fingerprint density at radius 2 is 1.81 bits per heavy atom. The zero-order valence-corrected chi connectivity index (χ0v) is 14.7. The van der Waals surface area contributed by atoms with Crippen LogP contribution >= 0.6 is 0 Å². The fourth-order valence-corrected chi connectivity index (χ4v) is 2.38. The zero-order valence-electron chi connectivity index (χ0n) is 14.7. The third-order valence-corrected chi connectivity index (χ3v) is 3.72. The smallest absolute Gasteiger partial charge is 0.303 e. The first-order valence-electron chi connectivity index (χ1n) is 8.36. The number of carboxylic acids is 1. The predicted molar refractivity (Wildman–Crippen MR) is 97.6 cm³/mol. The molecule has 1 N–H and O–H groups in total. The van der Waals surface area contributed by atoms with Crippen LogP contribution in [-0.2, 0) is 9.59 Å². The van der Waals surface area contributed by atoms with E-state index >= 15 is 0 Å². The van der Waals surface area contributed by atoms with Crippen molar-refractivity contribution in [2.24, 2.45) is 5.92 Å². The first-order chi connectivity index (χ1) is 12.4. The number of ketones is 1. The molecule has 4 nitrogen and oxygen atoms in total. The molecule has 0 heterocycles. The lowest BCUT2D eigenvalue weighted by atomic mass is 9.95. The molecule has 0 aliphatic rings. The van der Waals surface area contributed by atoms with Gasteiger partial charge in [-0.25, -0.2) is 4.39 Å². The van der Waals surface area contributed by atoms with Gasteiger partial charge in [0.15, 0.2) is 17.3 Å². The zero-order chi connectivity index (χ0) is 19.1. The summed E-state index contributed by atoms with van der Waals surface area (Å²) in [5, 5.41) is 8.89. The van der Waals surface area contributed by atoms with Crippen molar-refractivity contribution in [3.05, 3.63) is 65.5 Å². The number of Topliss-reactive ketones (excluding diaryl/α,β-unsaturated/α-hetero) is 1. The summed E-state index contributed by atoms with van der Waals surface area (Å²) in [6, 6.07) is 13.1. The van der Waals surface area contributed by atoms with Gasteiger partial charge in [-0.05, 0) is 47.9 Å². The maximum atomic E-state index is 14.0. The second-order valence-corrected chi connectivity index (χ2v) is 6.19. The molecule has 5 heteroatoms. The summed E-state index contributed by atoms with van der Waals surface area (Å²) in [5.74, 6) is -1.33. The van der Waals surface area contributed by atoms with Crippen LogP contribution in [0.5, 0.6) is 11.5 Å². The number of para-hydroxylation sites is 1. The Balaban J connectivity index is 2.32. The van der Waals surface area contributed by atoms with Gasteiger partial charge in [0, 0.05) is 12.3 Å². The molecule has 136 valence electrons. The number of hydrogen-bond donors (Lipinski definition) is 1. The Hall–Kier alpha value is -2.95. The van der Waals surface area contributed by atoms with E-state index in [9.17, 15) is 14.0 Å². The van der Waals surface area contributed by atoms with E-state index in [1.807, 2.05) is 6.07 Å². The number of ether oxygens (including phenoxy) is 1. The van der Waals surface area contributed by atoms with Gasteiger partial charge >= 0.3 is 5.97 Å². The number of allylic oxidation sites excluding steroid dienone is 1. The largest absolute Gasteiger partial charge is 0.481 e. The number of hydrogen-bond acceptors (Lipinski definition) is 3. The van der Waals surface area contributed by atoms with Gasteiger partial charge in [-0.1, -0.05) is 38.1 Å². The van der Waals surface area contributed by atoms with Crippen molar-refractivity contribution in [1.82, 2.24) is 0 Å². The van der Waals surface area contributed by atoms with Gasteiger partial charge in [0.2, 0.25) is 0 Å². The summed E-state index contributed by atoms with van der Waals surface area (Å²) >= 11 is 0. The SMILES string of the molecule is CC(C)C(=O)/C(=C/c1ccc(F)c(Oc2ccccc2)c1)CCC(=O)O. The van der Waals surface area contributed by atoms with Crippen molar-refractivity contribution in [1.29, 1.82) is 0 Å². The van der Waals surface area contributed by atoms with E-state index in [4.69, 9.17) is 9.84 Å². The molecule has 0 aromatic heterocycles. The molecule has 0 radical (unpaired) electrons. The lowest BCUT2D eigenvalue weighted by Gasteiger charge is -2.10. The first kappa shape index (κ1) is 19.4. The number of benzene rings is 2. The van der Waals surface area contributed by atoms with Crippen LogP contribution in [0.4, 0.5) is 4.39 Å². The van der Waals surface area contributed by atoms with Crippen molar-refractivity contribution < 1.29 is 23.8 Å². The molecule has 0 spiro atoms. The molecular formula is C21H21FO4. The quantitative estimate of drug-likeness (QED) is 0.669. The van der Waals surface area contributed by atoms with E-state index in [2.05, 4.69) is 0 Å². The third-order valence-electron chi connectivity index (χ3n) is 3.72. The molecule has 0 saturated heterocycles. The van der Waals surface area contributed by atoms with E-state index in [0.29, 0.717) is 16.9 Å². The second-order valence-electron chi connectivity index (χ2n) is 6.19. The number of carbonyl (C=O) groups is 2. The average molecular weight is 356 g/mol. The third kappa shape index (κ3) is 5.55. The average Bonchev–Trinajstić information content (AvgIpc) is 2.61. The fraction of sp³-hybridized carbons (Fsp3) is 0.238. The van der Waals surface area contributed by atoms with E-state index in [-0.39, 0.29) is 30.3 Å². The standard InChI is InChI=1S/C21H21FO4/c1-14(2)21(25)16(9-11-20(23)24)12-15-8-10-18(22)19(13-15)26-17-6-4-3-5-7-17/h3-8,10,12-14H,9,11H2,1-2H3,(H,23,24)/b16-12+. The Bertz CT molecular complexity index is 810. The van der Waals surface area contributed by atoms with Gasteiger partial charge in [0.1, 0.15) is 5.75 Å². The summed E-state index contributed by atoms with van der Waals surface area (Å²) in [7, 11) is 0. The first-order valence-corrected chi connectivity index (χ1v) is 8.36. The number of aliphatic carboxylic acids is 1. The summed E-state index contributed by atoms with van der Waals surface area (Å²) in [5.41, 5.74) is 0.978. The van der Waals surface area contributed by atoms with Crippen LogP contribution < -0.4 is 4.74 Å². The molecular weight excluding hydrogens is 335 g/mol. The molecule has 2 aromatic carbocycles. The number of halogens is 1. The summed E-state index contributed by atoms with van der Waals surface area (Å²) in [4.78, 5) is 23.2. The van der Waals surface area contributed by atoms with Gasteiger partial charge in [0.05, 0.1) is 0 Å². The molecule has 0 unspecified atom stereocenters. The molecule has 0 saturated carbocycles. The van der Waals surface area contributed by atoms with Crippen LogP contribution in [0.25, 0.3) is 6.08 Å². The highest BCUT2D eigenvalue weighted by Gasteiger charge is 2.15. The maximum Gasteiger partial charge on any atom is 0.303 e. The normalized spacial score (nSPS) is 11.5. The Labute approximate surface area is 151 Å². The van der Waals surface area contributed by atoms with Crippen LogP contribution in [0, 0.1) is 11.7 Å². The van der Waals surface area contributed by atoms with Crippen LogP contribution in [-0.4, -0.2) is 16.9 Å². The van der Waals surface area contributed by atoms with Gasteiger partial charge in [-0.15, -0.1) is 0 Å². The summed E-state index contributed by atoms with van der Waals surface area (Å²) in [6.45, 7) is 3.51. The number of rotatable bonds is 8. The van der Waals surface area contributed by atoms with Crippen molar-refractivity contribution in [3.63, 3.8) is 0 Å². The molecule has 0 atom stereocenters. The highest BCUT2D eigenvalue weighted by Crippen LogP contribution is 2.27. The molecule has 0 aliphatic carbocycles. The van der Waals surface area contributed by atoms with Crippen molar-refractivity contribution in [3.8, 4) is 11.5 Å². The van der Waals surface area contributed by atoms with Crippen LogP contribution in [0.2, 0.25) is 0 Å². The Kier molecular flexibility index (Phi) is 6.67. The van der Waals surface area contributed by atoms with Crippen LogP contribution in [0.1, 0.15) is 32.3 Å². The fourth-order valence-electron chi connectivity index (χ4n) is 2.38. The monoisotopic (exact) mass is 356 g/mol. The molecule has 26 heavy (non-hydrogen) atoms. The van der Waals surface area contributed by atoms with Crippen LogP contribution in [0.3, 0.4) is 0 Å². The van der Waals surface area contributed by atoms with Gasteiger partial charge < -0.3 is 9.84 Å². The Morgan fingerprint density at radius 1 is 1.12 bits per heavy atom. The molecule has 0 aliphatic heterocycles. The van der Waals surface area contributed by atoms with E-state index in [1.165, 1.54) is 18.2 Å². The minimum Gasteiger partial charge on any atom is -0.481 e. The number of carboxylic acid groups (broad SMARTS) is 1. The minimum absolute atomic E-state index is 0.0412. The predicted octanol–water partition coefficient (Wildman–Crippen LogP) is 5.09. The van der Waals surface area contributed by atoms with Crippen molar-refractivity contribution >= 4 is 17.8 Å². The van der Waals surface area contributed by atoms with E-state index < -0.39 is 11.8 Å². The summed E-state index contributed by atoms with van der Waals surface area (Å²) < 4.78 is 19.6. The van der Waals surface area contributed by atoms with Gasteiger partial charge in [-0.2, -0.15) is 0 Å². The molecule has 2 rings (SSSR count). The lowest BCUT2D eigenvalue weighted by molar-refractivity contribution is -0.136. The van der Waals surface area contributed by atoms with Gasteiger partial charge in [0.25, 0.3) is 0 Å². The lowest BCUT2D eigenvalue weighted by Crippen LogP contribution is -2.11. The van der Waals surface area contributed by atoms with Gasteiger partial charge in [-0.3, -0.25) is 9.59 Å². The highest BCUT2D eigenvalue weighted by atomic mass is 19.1.